The van der Waals surface area contributed by atoms with Gasteiger partial charge in [0, 0.05) is 13.0 Å². The lowest BCUT2D eigenvalue weighted by Gasteiger charge is -2.42. The van der Waals surface area contributed by atoms with Crippen molar-refractivity contribution in [3.63, 3.8) is 0 Å². The maximum Gasteiger partial charge on any atom is 0.306 e. The summed E-state index contributed by atoms with van der Waals surface area (Å²) >= 11 is 0. The SMILES string of the molecule is CCC/C=C\CCCCCCCCOCC(COC1OC(COC2OC(CO)C(O)C(O)C2O)C(O)C(O)C1O)OC(=O)CCCCCCCCCCCCCCCCCCCCCCCC. The van der Waals surface area contributed by atoms with Crippen molar-refractivity contribution in [2.24, 2.45) is 0 Å². The number of hydrogen-bond donors (Lipinski definition) is 7. The second-order valence-corrected chi connectivity index (χ2v) is 19.4. The molecule has 0 aromatic rings. The summed E-state index contributed by atoms with van der Waals surface area (Å²) in [5.41, 5.74) is 0. The fourth-order valence-corrected chi connectivity index (χ4v) is 8.82. The molecule has 0 spiro atoms. The van der Waals surface area contributed by atoms with Gasteiger partial charge in [-0.3, -0.25) is 4.79 Å². The highest BCUT2D eigenvalue weighted by Gasteiger charge is 2.47. The average molecular weight is 961 g/mol. The molecule has 14 nitrogen and oxygen atoms in total. The highest BCUT2D eigenvalue weighted by Crippen LogP contribution is 2.27. The molecular weight excluding hydrogens is 861 g/mol. The lowest BCUT2D eigenvalue weighted by molar-refractivity contribution is -0.332. The molecule has 0 aromatic carbocycles. The summed E-state index contributed by atoms with van der Waals surface area (Å²) in [6.45, 7) is 3.65. The Hall–Kier alpha value is -1.27. The topological polar surface area (TPSA) is 214 Å². The van der Waals surface area contributed by atoms with E-state index in [2.05, 4.69) is 26.0 Å². The lowest BCUT2D eigenvalue weighted by Crippen LogP contribution is -2.61. The van der Waals surface area contributed by atoms with Gasteiger partial charge in [0.1, 0.15) is 54.9 Å². The van der Waals surface area contributed by atoms with Gasteiger partial charge in [0.15, 0.2) is 12.6 Å². The van der Waals surface area contributed by atoms with E-state index in [1.807, 2.05) is 0 Å². The Kier molecular flexibility index (Phi) is 38.2. The molecule has 2 heterocycles. The Morgan fingerprint density at radius 1 is 0.478 bits per heavy atom. The number of carbonyl (C=O) groups is 1. The molecule has 0 bridgehead atoms. The normalized spacial score (nSPS) is 26.1. The van der Waals surface area contributed by atoms with E-state index < -0.39 is 80.7 Å². The predicted molar refractivity (Wildman–Crippen MR) is 261 cm³/mol. The summed E-state index contributed by atoms with van der Waals surface area (Å²) in [4.78, 5) is 13.0. The molecule has 2 rings (SSSR count). The van der Waals surface area contributed by atoms with Crippen LogP contribution in [-0.2, 0) is 33.2 Å². The molecule has 2 fully saturated rings. The van der Waals surface area contributed by atoms with Crippen LogP contribution in [-0.4, -0.2) is 142 Å². The number of unbranched alkanes of at least 4 members (excludes halogenated alkanes) is 28. The molecule has 11 unspecified atom stereocenters. The van der Waals surface area contributed by atoms with Gasteiger partial charge >= 0.3 is 5.97 Å². The zero-order chi connectivity index (χ0) is 48.7. The van der Waals surface area contributed by atoms with Gasteiger partial charge in [-0.1, -0.05) is 193 Å². The molecule has 14 heteroatoms. The van der Waals surface area contributed by atoms with E-state index in [0.717, 1.165) is 51.4 Å². The minimum absolute atomic E-state index is 0.0623. The number of rotatable bonds is 44. The van der Waals surface area contributed by atoms with Crippen molar-refractivity contribution in [3.05, 3.63) is 12.2 Å². The first-order valence-electron chi connectivity index (χ1n) is 27.3. The maximum atomic E-state index is 13.0. The summed E-state index contributed by atoms with van der Waals surface area (Å²) in [5, 5.41) is 72.1. The van der Waals surface area contributed by atoms with Crippen LogP contribution >= 0.6 is 0 Å². The van der Waals surface area contributed by atoms with Gasteiger partial charge < -0.3 is 64.2 Å². The first kappa shape index (κ1) is 61.8. The van der Waals surface area contributed by atoms with E-state index in [1.54, 1.807) is 0 Å². The maximum absolute atomic E-state index is 13.0. The first-order valence-corrected chi connectivity index (χ1v) is 27.3. The molecule has 11 atom stereocenters. The third kappa shape index (κ3) is 29.0. The number of aliphatic hydroxyl groups is 7. The molecule has 0 saturated carbocycles. The number of allylic oxidation sites excluding steroid dienone is 2. The van der Waals surface area contributed by atoms with Crippen LogP contribution < -0.4 is 0 Å². The van der Waals surface area contributed by atoms with E-state index in [4.69, 9.17) is 28.4 Å². The molecule has 0 aliphatic carbocycles. The standard InChI is InChI=1S/C53H100O14/c1-3-5-7-9-11-13-15-16-17-18-19-20-21-22-23-24-25-26-28-30-32-34-36-45(55)65-42(39-62-37-35-33-31-29-27-14-12-10-8-6-4-2)40-63-52-51(61)49(59)47(57)44(67-52)41-64-53-50(60)48(58)46(56)43(38-54)66-53/h8,10,42-44,46-54,56-61H,3-7,9,11-41H2,1-2H3/b10-8-. The largest absolute Gasteiger partial charge is 0.457 e. The fraction of sp³-hybridized carbons (Fsp3) is 0.943. The fourth-order valence-electron chi connectivity index (χ4n) is 8.82. The summed E-state index contributed by atoms with van der Waals surface area (Å²) in [6, 6.07) is 0. The lowest BCUT2D eigenvalue weighted by atomic mass is 9.98. The summed E-state index contributed by atoms with van der Waals surface area (Å²) in [7, 11) is 0. The summed E-state index contributed by atoms with van der Waals surface area (Å²) in [5.74, 6) is -0.374. The zero-order valence-electron chi connectivity index (χ0n) is 42.2. The van der Waals surface area contributed by atoms with E-state index in [-0.39, 0.29) is 25.6 Å². The monoisotopic (exact) mass is 961 g/mol. The van der Waals surface area contributed by atoms with Crippen molar-refractivity contribution in [1.82, 2.24) is 0 Å². The van der Waals surface area contributed by atoms with Gasteiger partial charge in [0.2, 0.25) is 0 Å². The molecule has 7 N–H and O–H groups in total. The van der Waals surface area contributed by atoms with Crippen molar-refractivity contribution < 1.29 is 69.0 Å². The van der Waals surface area contributed by atoms with Crippen molar-refractivity contribution in [1.29, 1.82) is 0 Å². The Labute approximate surface area is 405 Å². The Morgan fingerprint density at radius 2 is 0.910 bits per heavy atom. The number of aliphatic hydroxyl groups excluding tert-OH is 7. The van der Waals surface area contributed by atoms with Gasteiger partial charge in [-0.15, -0.1) is 0 Å². The van der Waals surface area contributed by atoms with Gasteiger partial charge in [-0.2, -0.15) is 0 Å². The first-order chi connectivity index (χ1) is 32.6. The van der Waals surface area contributed by atoms with Gasteiger partial charge in [-0.05, 0) is 32.1 Å². The molecule has 67 heavy (non-hydrogen) atoms. The zero-order valence-corrected chi connectivity index (χ0v) is 42.2. The molecule has 0 radical (unpaired) electrons. The average Bonchev–Trinajstić information content (AvgIpc) is 3.32. The second-order valence-electron chi connectivity index (χ2n) is 19.4. The number of hydrogen-bond acceptors (Lipinski definition) is 14. The van der Waals surface area contributed by atoms with Crippen molar-refractivity contribution in [3.8, 4) is 0 Å². The number of carbonyl (C=O) groups excluding carboxylic acids is 1. The Bertz CT molecular complexity index is 1160. The van der Waals surface area contributed by atoms with Gasteiger partial charge in [0.25, 0.3) is 0 Å². The van der Waals surface area contributed by atoms with Crippen molar-refractivity contribution >= 4 is 5.97 Å². The summed E-state index contributed by atoms with van der Waals surface area (Å²) < 4.78 is 34.3. The smallest absolute Gasteiger partial charge is 0.306 e. The molecular formula is C53H100O14. The van der Waals surface area contributed by atoms with Crippen molar-refractivity contribution in [2.75, 3.05) is 33.0 Å². The van der Waals surface area contributed by atoms with Crippen molar-refractivity contribution in [2.45, 2.75) is 287 Å². The van der Waals surface area contributed by atoms with Crippen LogP contribution in [0.25, 0.3) is 0 Å². The van der Waals surface area contributed by atoms with Gasteiger partial charge in [0.05, 0.1) is 26.4 Å². The molecule has 396 valence electrons. The molecule has 0 amide bonds. The van der Waals surface area contributed by atoms with Crippen LogP contribution in [0.5, 0.6) is 0 Å². The number of ether oxygens (including phenoxy) is 6. The number of esters is 1. The molecule has 0 aromatic heterocycles. The minimum atomic E-state index is -1.70. The highest BCUT2D eigenvalue weighted by atomic mass is 16.7. The predicted octanol–water partition coefficient (Wildman–Crippen LogP) is 8.63. The van der Waals surface area contributed by atoms with Crippen LogP contribution in [0.15, 0.2) is 12.2 Å². The Morgan fingerprint density at radius 3 is 1.42 bits per heavy atom. The van der Waals surface area contributed by atoms with E-state index in [1.165, 1.54) is 141 Å². The van der Waals surface area contributed by atoms with Gasteiger partial charge in [-0.25, -0.2) is 0 Å². The molecule has 2 aliphatic heterocycles. The van der Waals surface area contributed by atoms with Crippen LogP contribution in [0.4, 0.5) is 0 Å². The van der Waals surface area contributed by atoms with Crippen LogP contribution in [0.3, 0.4) is 0 Å². The quantitative estimate of drug-likeness (QED) is 0.0173. The third-order valence-electron chi connectivity index (χ3n) is 13.3. The van der Waals surface area contributed by atoms with E-state index in [9.17, 15) is 40.5 Å². The van der Waals surface area contributed by atoms with Crippen LogP contribution in [0.1, 0.15) is 219 Å². The molecule has 2 saturated heterocycles. The minimum Gasteiger partial charge on any atom is -0.457 e. The second kappa shape index (κ2) is 41.4. The van der Waals surface area contributed by atoms with Crippen LogP contribution in [0, 0.1) is 0 Å². The third-order valence-corrected chi connectivity index (χ3v) is 13.3. The highest BCUT2D eigenvalue weighted by molar-refractivity contribution is 5.69. The Balaban J connectivity index is 1.69. The van der Waals surface area contributed by atoms with Crippen LogP contribution in [0.2, 0.25) is 0 Å². The summed E-state index contributed by atoms with van der Waals surface area (Å²) in [6.07, 6.45) is 27.1. The molecule has 2 aliphatic rings. The van der Waals surface area contributed by atoms with E-state index in [0.29, 0.717) is 13.0 Å². The van der Waals surface area contributed by atoms with E-state index >= 15 is 0 Å².